The van der Waals surface area contributed by atoms with Gasteiger partial charge in [0.1, 0.15) is 22.8 Å². The molecule has 2 aromatic carbocycles. The molecule has 0 bridgehead atoms. The minimum atomic E-state index is -1.87. The van der Waals surface area contributed by atoms with E-state index in [-0.39, 0.29) is 64.9 Å². The van der Waals surface area contributed by atoms with E-state index in [0.717, 1.165) is 0 Å². The molecule has 2 aromatic rings. The number of phenols is 2. The number of nitrogens with zero attached hydrogens (tertiary/aromatic N) is 1. The summed E-state index contributed by atoms with van der Waals surface area (Å²) in [6, 6.07) is 3.79. The van der Waals surface area contributed by atoms with E-state index >= 15 is 0 Å². The Hall–Kier alpha value is -3.39. The first-order chi connectivity index (χ1) is 20.6. The lowest BCUT2D eigenvalue weighted by Crippen LogP contribution is -2.53. The third-order valence-electron chi connectivity index (χ3n) is 8.57. The number of carbonyl (C=O) groups is 2. The molecule has 238 valence electrons. The first kappa shape index (κ1) is 32.0. The number of fused-ring (bicyclic) bond motifs is 3. The summed E-state index contributed by atoms with van der Waals surface area (Å²) in [5.74, 6) is -2.48. The molecule has 44 heavy (non-hydrogen) atoms. The van der Waals surface area contributed by atoms with Crippen LogP contribution in [0.5, 0.6) is 17.2 Å². The van der Waals surface area contributed by atoms with E-state index in [1.165, 1.54) is 25.3 Å². The number of phenolic OH excluding ortho intramolecular Hbond substituents is 2. The Labute approximate surface area is 255 Å². The Kier molecular flexibility index (Phi) is 8.38. The van der Waals surface area contributed by atoms with Crippen LogP contribution in [0.15, 0.2) is 23.2 Å². The van der Waals surface area contributed by atoms with Gasteiger partial charge in [-0.05, 0) is 18.4 Å². The number of nitrogens with two attached hydrogens (primary N) is 1. The molecule has 2 aliphatic carbocycles. The number of hydrogen-bond donors (Lipinski definition) is 6. The maximum atomic E-state index is 13.9. The zero-order chi connectivity index (χ0) is 32.3. The molecule has 0 saturated carbocycles. The first-order valence-electron chi connectivity index (χ1n) is 14.6. The molecule has 1 saturated heterocycles. The largest absolute Gasteiger partial charge is 0.507 e. The second-order valence-corrected chi connectivity index (χ2v) is 13.1. The molecule has 5 rings (SSSR count). The topological polar surface area (TPSA) is 201 Å². The fourth-order valence-corrected chi connectivity index (χ4v) is 6.29. The van der Waals surface area contributed by atoms with E-state index in [4.69, 9.17) is 19.9 Å². The van der Waals surface area contributed by atoms with E-state index in [0.29, 0.717) is 0 Å². The second kappa shape index (κ2) is 11.5. The number of carbonyl (C=O) groups excluding carboxylic acids is 2. The van der Waals surface area contributed by atoms with E-state index in [1.807, 2.05) is 20.8 Å². The molecule has 4 unspecified atom stereocenters. The normalized spacial score (nSPS) is 28.8. The lowest BCUT2D eigenvalue weighted by molar-refractivity contribution is -0.245. The number of rotatable bonds is 6. The molecule has 0 aromatic heterocycles. The van der Waals surface area contributed by atoms with Crippen LogP contribution in [-0.2, 0) is 15.9 Å². The van der Waals surface area contributed by atoms with Crippen molar-refractivity contribution >= 4 is 17.3 Å². The number of benzene rings is 2. The Morgan fingerprint density at radius 2 is 1.82 bits per heavy atom. The molecule has 12 heteroatoms. The molecule has 6 atom stereocenters. The molecule has 3 aliphatic rings. The SMILES string of the molecule is COc1cccc2c1C(=O)c1c(O)c3c(c(O)c1C2=O)CC(O)(C(CO)=NCC(C)(C)C)C[C@@H]3O[C@H]1CC(N)C(O)C(C)O1. The summed E-state index contributed by atoms with van der Waals surface area (Å²) in [5, 5.41) is 56.1. The first-order valence-corrected chi connectivity index (χ1v) is 14.6. The molecule has 0 spiro atoms. The molecule has 1 heterocycles. The van der Waals surface area contributed by atoms with Gasteiger partial charge in [0.25, 0.3) is 0 Å². The van der Waals surface area contributed by atoms with E-state index in [9.17, 15) is 35.1 Å². The monoisotopic (exact) mass is 612 g/mol. The van der Waals surface area contributed by atoms with Gasteiger partial charge in [0.15, 0.2) is 12.1 Å². The van der Waals surface area contributed by atoms with Crippen molar-refractivity contribution in [2.45, 2.75) is 83.2 Å². The van der Waals surface area contributed by atoms with Crippen LogP contribution in [0.25, 0.3) is 0 Å². The highest BCUT2D eigenvalue weighted by Crippen LogP contribution is 2.52. The summed E-state index contributed by atoms with van der Waals surface area (Å²) in [6.07, 6.45) is -4.37. The van der Waals surface area contributed by atoms with Crippen LogP contribution < -0.4 is 10.5 Å². The van der Waals surface area contributed by atoms with Gasteiger partial charge in [0.05, 0.1) is 54.4 Å². The number of aliphatic hydroxyl groups is 3. The van der Waals surface area contributed by atoms with Crippen molar-refractivity contribution in [2.75, 3.05) is 20.3 Å². The summed E-state index contributed by atoms with van der Waals surface area (Å²) in [4.78, 5) is 32.1. The number of methoxy groups -OCH3 is 1. The molecule has 1 aliphatic heterocycles. The highest BCUT2D eigenvalue weighted by atomic mass is 16.7. The molecule has 0 radical (unpaired) electrons. The Morgan fingerprint density at radius 3 is 2.43 bits per heavy atom. The van der Waals surface area contributed by atoms with Gasteiger partial charge in [-0.1, -0.05) is 32.9 Å². The van der Waals surface area contributed by atoms with Crippen molar-refractivity contribution in [1.82, 2.24) is 0 Å². The van der Waals surface area contributed by atoms with E-state index in [2.05, 4.69) is 4.99 Å². The Balaban J connectivity index is 1.69. The number of ether oxygens (including phenoxy) is 3. The fraction of sp³-hybridized carbons (Fsp3) is 0.531. The van der Waals surface area contributed by atoms with Gasteiger partial charge >= 0.3 is 0 Å². The van der Waals surface area contributed by atoms with Crippen molar-refractivity contribution in [2.24, 2.45) is 16.1 Å². The average Bonchev–Trinajstić information content (AvgIpc) is 2.95. The molecule has 0 amide bonds. The van der Waals surface area contributed by atoms with Crippen LogP contribution >= 0.6 is 0 Å². The number of ketones is 2. The molecule has 7 N–H and O–H groups in total. The minimum absolute atomic E-state index is 0.00435. The van der Waals surface area contributed by atoms with Crippen LogP contribution in [0.3, 0.4) is 0 Å². The van der Waals surface area contributed by atoms with Gasteiger partial charge in [-0.15, -0.1) is 0 Å². The van der Waals surface area contributed by atoms with Gasteiger partial charge in [-0.25, -0.2) is 0 Å². The van der Waals surface area contributed by atoms with Gasteiger partial charge in [0, 0.05) is 48.5 Å². The predicted molar refractivity (Wildman–Crippen MR) is 159 cm³/mol. The second-order valence-electron chi connectivity index (χ2n) is 13.1. The van der Waals surface area contributed by atoms with Crippen LogP contribution in [0, 0.1) is 5.41 Å². The van der Waals surface area contributed by atoms with Crippen LogP contribution in [0.1, 0.15) is 89.6 Å². The third-order valence-corrected chi connectivity index (χ3v) is 8.57. The Bertz CT molecular complexity index is 1520. The molecule has 1 fully saturated rings. The van der Waals surface area contributed by atoms with Gasteiger partial charge < -0.3 is 45.5 Å². The third kappa shape index (κ3) is 5.40. The highest BCUT2D eigenvalue weighted by molar-refractivity contribution is 6.31. The highest BCUT2D eigenvalue weighted by Gasteiger charge is 2.49. The summed E-state index contributed by atoms with van der Waals surface area (Å²) < 4.78 is 17.5. The fourth-order valence-electron chi connectivity index (χ4n) is 6.29. The molecule has 12 nitrogen and oxygen atoms in total. The van der Waals surface area contributed by atoms with Crippen molar-refractivity contribution < 1.29 is 49.3 Å². The maximum Gasteiger partial charge on any atom is 0.202 e. The summed E-state index contributed by atoms with van der Waals surface area (Å²) in [6.45, 7) is 7.13. The zero-order valence-electron chi connectivity index (χ0n) is 25.5. The summed E-state index contributed by atoms with van der Waals surface area (Å²) in [7, 11) is 1.35. The van der Waals surface area contributed by atoms with E-state index < -0.39 is 77.0 Å². The van der Waals surface area contributed by atoms with E-state index in [1.54, 1.807) is 6.92 Å². The smallest absolute Gasteiger partial charge is 0.202 e. The average molecular weight is 613 g/mol. The predicted octanol–water partition coefficient (Wildman–Crippen LogP) is 1.92. The van der Waals surface area contributed by atoms with Crippen molar-refractivity contribution in [1.29, 1.82) is 0 Å². The van der Waals surface area contributed by atoms with Crippen LogP contribution in [-0.4, -0.2) is 93.2 Å². The zero-order valence-corrected chi connectivity index (χ0v) is 25.5. The summed E-state index contributed by atoms with van der Waals surface area (Å²) in [5.41, 5.74) is 3.11. The Morgan fingerprint density at radius 1 is 1.14 bits per heavy atom. The van der Waals surface area contributed by atoms with Crippen molar-refractivity contribution in [3.05, 3.63) is 51.6 Å². The lowest BCUT2D eigenvalue weighted by Gasteiger charge is -2.43. The summed E-state index contributed by atoms with van der Waals surface area (Å²) >= 11 is 0. The van der Waals surface area contributed by atoms with Gasteiger partial charge in [-0.3, -0.25) is 14.6 Å². The number of aromatic hydroxyl groups is 2. The van der Waals surface area contributed by atoms with Crippen LogP contribution in [0.2, 0.25) is 0 Å². The lowest BCUT2D eigenvalue weighted by atomic mass is 9.71. The number of aliphatic hydroxyl groups excluding tert-OH is 2. The molecular weight excluding hydrogens is 572 g/mol. The van der Waals surface area contributed by atoms with Gasteiger partial charge in [0.2, 0.25) is 5.78 Å². The molecular formula is C32H40N2O10. The number of aliphatic imine (C=N–C) groups is 1. The van der Waals surface area contributed by atoms with Gasteiger partial charge in [-0.2, -0.15) is 0 Å². The standard InChI is InChI=1S/C32H40N2O10/c1-14-26(36)17(33)9-21(43-14)44-19-11-32(41,20(12-35)34-13-31(2,3)4)10-16-23(19)30(40)25-24(28(16)38)27(37)15-7-6-8-18(42-5)22(15)29(25)39/h6-8,14,17,19,21,26,35-36,38,40-41H,9-13,33H2,1-5H3/t14?,17?,19-,21-,26?,32?/m0/s1. The van der Waals surface area contributed by atoms with Crippen molar-refractivity contribution in [3.8, 4) is 17.2 Å². The van der Waals surface area contributed by atoms with Crippen molar-refractivity contribution in [3.63, 3.8) is 0 Å². The maximum absolute atomic E-state index is 13.9. The van der Waals surface area contributed by atoms with Crippen LogP contribution in [0.4, 0.5) is 0 Å². The minimum Gasteiger partial charge on any atom is -0.507 e. The number of hydrogen-bond acceptors (Lipinski definition) is 12. The quantitative estimate of drug-likeness (QED) is 0.175.